The van der Waals surface area contributed by atoms with Crippen LogP contribution in [0.1, 0.15) is 32.9 Å². The highest BCUT2D eigenvalue weighted by Crippen LogP contribution is 2.39. The van der Waals surface area contributed by atoms with Crippen molar-refractivity contribution in [3.63, 3.8) is 0 Å². The lowest BCUT2D eigenvalue weighted by Crippen LogP contribution is -2.12. The molecule has 0 bridgehead atoms. The van der Waals surface area contributed by atoms with Crippen LogP contribution in [0.5, 0.6) is 0 Å². The van der Waals surface area contributed by atoms with E-state index in [4.69, 9.17) is 5.11 Å². The molecule has 5 heteroatoms. The van der Waals surface area contributed by atoms with E-state index in [0.717, 1.165) is 30.7 Å². The number of fused-ring (bicyclic) bond motifs is 2. The summed E-state index contributed by atoms with van der Waals surface area (Å²) in [5.41, 5.74) is 5.33. The summed E-state index contributed by atoms with van der Waals surface area (Å²) in [6, 6.07) is 10.8. The van der Waals surface area contributed by atoms with E-state index < -0.39 is 5.97 Å². The topological polar surface area (TPSA) is 40.5 Å². The summed E-state index contributed by atoms with van der Waals surface area (Å²) in [6.45, 7) is 1.01. The van der Waals surface area contributed by atoms with Crippen LogP contribution in [-0.4, -0.2) is 36.6 Å². The van der Waals surface area contributed by atoms with Gasteiger partial charge < -0.3 is 10.0 Å². The second-order valence-electron chi connectivity index (χ2n) is 6.54. The van der Waals surface area contributed by atoms with Gasteiger partial charge in [0.25, 0.3) is 0 Å². The molecular weight excluding hydrogens is 366 g/mol. The van der Waals surface area contributed by atoms with Crippen LogP contribution in [0.25, 0.3) is 11.6 Å². The first kappa shape index (κ1) is 20.4. The van der Waals surface area contributed by atoms with Crippen molar-refractivity contribution in [3.05, 3.63) is 68.9 Å². The number of benzene rings is 1. The maximum absolute atomic E-state index is 10.8. The summed E-state index contributed by atoms with van der Waals surface area (Å²) < 4.78 is 0. The molecule has 0 atom stereocenters. The minimum Gasteiger partial charge on any atom is -0.478 e. The Labute approximate surface area is 165 Å². The second kappa shape index (κ2) is 9.17. The minimum absolute atomic E-state index is 0. The van der Waals surface area contributed by atoms with Gasteiger partial charge in [0.15, 0.2) is 0 Å². The highest BCUT2D eigenvalue weighted by molar-refractivity contribution is 7.14. The number of aliphatic carboxylic acids is 1. The molecule has 26 heavy (non-hydrogen) atoms. The average Bonchev–Trinajstić information content (AvgIpc) is 2.92. The highest BCUT2D eigenvalue weighted by atomic mass is 35.5. The van der Waals surface area contributed by atoms with Crippen molar-refractivity contribution in [1.82, 2.24) is 4.90 Å². The minimum atomic E-state index is -0.907. The summed E-state index contributed by atoms with van der Waals surface area (Å²) in [5.74, 6) is -0.907. The normalized spacial score (nSPS) is 14.8. The largest absolute Gasteiger partial charge is 0.478 e. The van der Waals surface area contributed by atoms with E-state index in [-0.39, 0.29) is 12.4 Å². The van der Waals surface area contributed by atoms with E-state index in [1.807, 2.05) is 0 Å². The van der Waals surface area contributed by atoms with E-state index in [2.05, 4.69) is 55.4 Å². The predicted molar refractivity (Wildman–Crippen MR) is 112 cm³/mol. The molecule has 1 aromatic heterocycles. The van der Waals surface area contributed by atoms with Gasteiger partial charge in [-0.15, -0.1) is 23.7 Å². The van der Waals surface area contributed by atoms with Crippen molar-refractivity contribution in [1.29, 1.82) is 0 Å². The van der Waals surface area contributed by atoms with Gasteiger partial charge in [-0.3, -0.25) is 0 Å². The number of carboxylic acid groups (broad SMARTS) is 1. The molecule has 1 heterocycles. The lowest BCUT2D eigenvalue weighted by atomic mass is 9.98. The number of carboxylic acids is 1. The molecular formula is C21H24ClNO2S. The maximum Gasteiger partial charge on any atom is 0.328 e. The van der Waals surface area contributed by atoms with Gasteiger partial charge in [0.1, 0.15) is 0 Å². The number of rotatable bonds is 5. The van der Waals surface area contributed by atoms with Gasteiger partial charge >= 0.3 is 5.97 Å². The first-order valence-electron chi connectivity index (χ1n) is 8.52. The number of carbonyl (C=O) groups is 1. The zero-order chi connectivity index (χ0) is 17.8. The number of aryl methyl sites for hydroxylation is 2. The third-order valence-electron chi connectivity index (χ3n) is 4.36. The Morgan fingerprint density at radius 3 is 2.69 bits per heavy atom. The van der Waals surface area contributed by atoms with E-state index >= 15 is 0 Å². The van der Waals surface area contributed by atoms with Crippen LogP contribution in [0.15, 0.2) is 42.5 Å². The van der Waals surface area contributed by atoms with Crippen LogP contribution in [-0.2, 0) is 17.6 Å². The summed E-state index contributed by atoms with van der Waals surface area (Å²) >= 11 is 1.69. The van der Waals surface area contributed by atoms with E-state index in [1.54, 1.807) is 17.4 Å². The Morgan fingerprint density at radius 2 is 1.96 bits per heavy atom. The molecule has 0 amide bonds. The fourth-order valence-electron chi connectivity index (χ4n) is 3.16. The first-order chi connectivity index (χ1) is 12.0. The molecule has 1 N–H and O–H groups in total. The number of thiophene rings is 1. The molecule has 0 fully saturated rings. The van der Waals surface area contributed by atoms with Gasteiger partial charge in [-0.2, -0.15) is 0 Å². The molecule has 1 aliphatic carbocycles. The zero-order valence-corrected chi connectivity index (χ0v) is 16.7. The van der Waals surface area contributed by atoms with Gasteiger partial charge in [-0.1, -0.05) is 30.3 Å². The maximum atomic E-state index is 10.8. The Bertz CT molecular complexity index is 836. The Balaban J connectivity index is 0.00000243. The summed E-state index contributed by atoms with van der Waals surface area (Å²) in [6.07, 6.45) is 8.26. The standard InChI is InChI=1S/C21H23NO2S.ClH/c1-22(2)13-5-8-19-18-7-4-3-6-15(18)9-10-16-14-17(25-21(16)19)11-12-20(23)24;/h3-4,6-8,11-12,14H,5,9-10,13H2,1-2H3,(H,23,24);1H/b12-11+,19-8-;. The van der Waals surface area contributed by atoms with Crippen LogP contribution in [0.2, 0.25) is 0 Å². The molecule has 0 radical (unpaired) electrons. The SMILES string of the molecule is CN(C)CC/C=C1/c2ccccc2CCc2cc(/C=C/C(=O)O)sc21.Cl. The molecule has 0 saturated heterocycles. The second-order valence-corrected chi connectivity index (χ2v) is 7.63. The van der Waals surface area contributed by atoms with Gasteiger partial charge in [-0.05, 0) is 67.8 Å². The van der Waals surface area contributed by atoms with Crippen LogP contribution in [0.3, 0.4) is 0 Å². The molecule has 3 nitrogen and oxygen atoms in total. The van der Waals surface area contributed by atoms with E-state index in [0.29, 0.717) is 0 Å². The number of nitrogens with zero attached hydrogens (tertiary/aromatic N) is 1. The fourth-order valence-corrected chi connectivity index (χ4v) is 4.33. The molecule has 0 spiro atoms. The molecule has 2 aromatic rings. The Hall–Kier alpha value is -1.88. The van der Waals surface area contributed by atoms with Crippen LogP contribution in [0, 0.1) is 0 Å². The Kier molecular flexibility index (Phi) is 7.21. The van der Waals surface area contributed by atoms with Crippen molar-refractivity contribution in [3.8, 4) is 0 Å². The molecule has 0 saturated carbocycles. The summed E-state index contributed by atoms with van der Waals surface area (Å²) in [4.78, 5) is 15.3. The number of hydrogen-bond acceptors (Lipinski definition) is 3. The molecule has 0 aliphatic heterocycles. The molecule has 1 aromatic carbocycles. The molecule has 138 valence electrons. The monoisotopic (exact) mass is 389 g/mol. The van der Waals surface area contributed by atoms with Gasteiger partial charge in [0.05, 0.1) is 0 Å². The highest BCUT2D eigenvalue weighted by Gasteiger charge is 2.20. The smallest absolute Gasteiger partial charge is 0.328 e. The van der Waals surface area contributed by atoms with Crippen LogP contribution in [0.4, 0.5) is 0 Å². The average molecular weight is 390 g/mol. The predicted octanol–water partition coefficient (Wildman–Crippen LogP) is 4.75. The number of hydrogen-bond donors (Lipinski definition) is 1. The summed E-state index contributed by atoms with van der Waals surface area (Å²) in [5, 5.41) is 8.87. The van der Waals surface area contributed by atoms with Crippen LogP contribution < -0.4 is 0 Å². The lowest BCUT2D eigenvalue weighted by Gasteiger charge is -2.11. The quantitative estimate of drug-likeness (QED) is 0.750. The Morgan fingerprint density at radius 1 is 1.23 bits per heavy atom. The van der Waals surface area contributed by atoms with Crippen molar-refractivity contribution in [2.24, 2.45) is 0 Å². The van der Waals surface area contributed by atoms with Crippen molar-refractivity contribution < 1.29 is 9.90 Å². The van der Waals surface area contributed by atoms with Gasteiger partial charge in [0, 0.05) is 22.4 Å². The zero-order valence-electron chi connectivity index (χ0n) is 15.1. The molecule has 0 unspecified atom stereocenters. The van der Waals surface area contributed by atoms with Gasteiger partial charge in [-0.25, -0.2) is 4.79 Å². The third kappa shape index (κ3) is 4.85. The van der Waals surface area contributed by atoms with Gasteiger partial charge in [0.2, 0.25) is 0 Å². The third-order valence-corrected chi connectivity index (χ3v) is 5.53. The fraction of sp³-hybridized carbons (Fsp3) is 0.286. The van der Waals surface area contributed by atoms with Crippen molar-refractivity contribution >= 4 is 41.4 Å². The van der Waals surface area contributed by atoms with Crippen molar-refractivity contribution in [2.75, 3.05) is 20.6 Å². The molecule has 1 aliphatic rings. The number of halogens is 1. The van der Waals surface area contributed by atoms with Crippen LogP contribution >= 0.6 is 23.7 Å². The first-order valence-corrected chi connectivity index (χ1v) is 9.33. The van der Waals surface area contributed by atoms with E-state index in [9.17, 15) is 4.79 Å². The van der Waals surface area contributed by atoms with Crippen molar-refractivity contribution in [2.45, 2.75) is 19.3 Å². The molecule has 3 rings (SSSR count). The summed E-state index contributed by atoms with van der Waals surface area (Å²) in [7, 11) is 4.18. The van der Waals surface area contributed by atoms with E-state index in [1.165, 1.54) is 33.2 Å². The lowest BCUT2D eigenvalue weighted by molar-refractivity contribution is -0.131.